The summed E-state index contributed by atoms with van der Waals surface area (Å²) in [5.41, 5.74) is 11.5. The first-order chi connectivity index (χ1) is 6.61. The average molecular weight is 194 g/mol. The molecule has 4 nitrogen and oxygen atoms in total. The third-order valence-corrected chi connectivity index (χ3v) is 1.85. The largest absolute Gasteiger partial charge is 0.440 e. The van der Waals surface area contributed by atoms with Crippen molar-refractivity contribution in [3.8, 4) is 0 Å². The molecule has 0 heterocycles. The van der Waals surface area contributed by atoms with Gasteiger partial charge in [-0.1, -0.05) is 30.3 Å². The van der Waals surface area contributed by atoms with E-state index in [9.17, 15) is 4.79 Å². The van der Waals surface area contributed by atoms with Gasteiger partial charge in [0.05, 0.1) is 0 Å². The van der Waals surface area contributed by atoms with E-state index in [1.165, 1.54) is 0 Å². The van der Waals surface area contributed by atoms with Crippen molar-refractivity contribution in [1.82, 2.24) is 0 Å². The molecule has 0 aliphatic heterocycles. The van der Waals surface area contributed by atoms with E-state index in [1.807, 2.05) is 30.3 Å². The van der Waals surface area contributed by atoms with Gasteiger partial charge in [0.1, 0.15) is 6.10 Å². The zero-order valence-electron chi connectivity index (χ0n) is 8.01. The van der Waals surface area contributed by atoms with Crippen LogP contribution in [-0.2, 0) is 4.74 Å². The number of hydrogen-bond acceptors (Lipinski definition) is 3. The van der Waals surface area contributed by atoms with E-state index in [-0.39, 0.29) is 6.04 Å². The second kappa shape index (κ2) is 4.62. The quantitative estimate of drug-likeness (QED) is 0.758. The average Bonchev–Trinajstić information content (AvgIpc) is 2.15. The number of hydrogen-bond donors (Lipinski definition) is 2. The van der Waals surface area contributed by atoms with E-state index in [0.717, 1.165) is 5.56 Å². The van der Waals surface area contributed by atoms with Gasteiger partial charge in [0.15, 0.2) is 0 Å². The Morgan fingerprint density at radius 3 is 2.36 bits per heavy atom. The molecule has 2 atom stereocenters. The van der Waals surface area contributed by atoms with Gasteiger partial charge >= 0.3 is 6.09 Å². The smallest absolute Gasteiger partial charge is 0.405 e. The maximum Gasteiger partial charge on any atom is 0.405 e. The number of nitrogens with two attached hydrogens (primary N) is 2. The Balaban J connectivity index is 2.83. The van der Waals surface area contributed by atoms with Gasteiger partial charge in [0.25, 0.3) is 0 Å². The Morgan fingerprint density at radius 2 is 1.93 bits per heavy atom. The van der Waals surface area contributed by atoms with Crippen LogP contribution in [0.1, 0.15) is 18.6 Å². The van der Waals surface area contributed by atoms with E-state index in [4.69, 9.17) is 16.2 Å². The molecule has 4 N–H and O–H groups in total. The van der Waals surface area contributed by atoms with Crippen molar-refractivity contribution in [3.05, 3.63) is 35.9 Å². The van der Waals surface area contributed by atoms with E-state index < -0.39 is 12.2 Å². The molecule has 76 valence electrons. The summed E-state index contributed by atoms with van der Waals surface area (Å²) < 4.78 is 4.91. The molecule has 0 spiro atoms. The number of amides is 1. The first-order valence-corrected chi connectivity index (χ1v) is 4.38. The van der Waals surface area contributed by atoms with Crippen LogP contribution in [-0.4, -0.2) is 12.1 Å². The number of rotatable bonds is 3. The molecule has 0 aliphatic carbocycles. The SMILES string of the molecule is C[C@@H](N)[C@H](OC(N)=O)c1ccccc1. The summed E-state index contributed by atoms with van der Waals surface area (Å²) in [4.78, 5) is 10.6. The lowest BCUT2D eigenvalue weighted by molar-refractivity contribution is 0.0938. The van der Waals surface area contributed by atoms with Gasteiger partial charge in [-0.05, 0) is 12.5 Å². The normalized spacial score (nSPS) is 14.4. The zero-order chi connectivity index (χ0) is 10.6. The molecule has 1 rings (SSSR count). The van der Waals surface area contributed by atoms with E-state index in [2.05, 4.69) is 0 Å². The van der Waals surface area contributed by atoms with Crippen molar-refractivity contribution in [2.75, 3.05) is 0 Å². The Hall–Kier alpha value is -1.55. The number of carbonyl (C=O) groups excluding carboxylic acids is 1. The van der Waals surface area contributed by atoms with Crippen LogP contribution in [0.4, 0.5) is 4.79 Å². The fourth-order valence-electron chi connectivity index (χ4n) is 1.25. The number of benzene rings is 1. The highest BCUT2D eigenvalue weighted by atomic mass is 16.6. The lowest BCUT2D eigenvalue weighted by atomic mass is 10.0. The number of primary amides is 1. The molecule has 14 heavy (non-hydrogen) atoms. The Labute approximate surface area is 82.8 Å². The first kappa shape index (κ1) is 10.5. The molecule has 0 fully saturated rings. The standard InChI is InChI=1S/C10H14N2O2/c1-7(11)9(14-10(12)13)8-5-3-2-4-6-8/h2-7,9H,11H2,1H3,(H2,12,13)/t7-,9+/m1/s1. The van der Waals surface area contributed by atoms with Crippen molar-refractivity contribution < 1.29 is 9.53 Å². The molecule has 1 amide bonds. The molecular formula is C10H14N2O2. The van der Waals surface area contributed by atoms with Gasteiger partial charge < -0.3 is 16.2 Å². The summed E-state index contributed by atoms with van der Waals surface area (Å²) in [6.45, 7) is 1.76. The molecule has 1 aromatic rings. The van der Waals surface area contributed by atoms with Crippen LogP contribution in [0.3, 0.4) is 0 Å². The summed E-state index contributed by atoms with van der Waals surface area (Å²) >= 11 is 0. The van der Waals surface area contributed by atoms with Crippen molar-refractivity contribution in [1.29, 1.82) is 0 Å². The fourth-order valence-corrected chi connectivity index (χ4v) is 1.25. The van der Waals surface area contributed by atoms with Crippen molar-refractivity contribution in [2.24, 2.45) is 11.5 Å². The van der Waals surface area contributed by atoms with E-state index >= 15 is 0 Å². The molecule has 0 saturated heterocycles. The van der Waals surface area contributed by atoms with E-state index in [1.54, 1.807) is 6.92 Å². The third kappa shape index (κ3) is 2.74. The van der Waals surface area contributed by atoms with Crippen LogP contribution >= 0.6 is 0 Å². The highest BCUT2D eigenvalue weighted by molar-refractivity contribution is 5.65. The van der Waals surface area contributed by atoms with Crippen molar-refractivity contribution in [3.63, 3.8) is 0 Å². The summed E-state index contributed by atoms with van der Waals surface area (Å²) in [6, 6.07) is 8.99. The monoisotopic (exact) mass is 194 g/mol. The number of carbonyl (C=O) groups is 1. The molecule has 0 saturated carbocycles. The fraction of sp³-hybridized carbons (Fsp3) is 0.300. The molecule has 0 unspecified atom stereocenters. The highest BCUT2D eigenvalue weighted by Crippen LogP contribution is 2.19. The molecule has 0 bridgehead atoms. The zero-order valence-corrected chi connectivity index (χ0v) is 8.01. The highest BCUT2D eigenvalue weighted by Gasteiger charge is 2.18. The predicted molar refractivity (Wildman–Crippen MR) is 53.5 cm³/mol. The molecule has 0 aromatic heterocycles. The van der Waals surface area contributed by atoms with Gasteiger partial charge in [0.2, 0.25) is 0 Å². The summed E-state index contributed by atoms with van der Waals surface area (Å²) in [6.07, 6.45) is -1.29. The maximum atomic E-state index is 10.6. The minimum atomic E-state index is -0.809. The van der Waals surface area contributed by atoms with Crippen LogP contribution in [0.2, 0.25) is 0 Å². The van der Waals surface area contributed by atoms with Crippen molar-refractivity contribution in [2.45, 2.75) is 19.1 Å². The van der Waals surface area contributed by atoms with Crippen LogP contribution < -0.4 is 11.5 Å². The second-order valence-corrected chi connectivity index (χ2v) is 3.13. The van der Waals surface area contributed by atoms with Gasteiger partial charge in [0, 0.05) is 6.04 Å². The van der Waals surface area contributed by atoms with Gasteiger partial charge in [-0.25, -0.2) is 4.79 Å². The Bertz CT molecular complexity index is 298. The van der Waals surface area contributed by atoms with Crippen LogP contribution in [0.25, 0.3) is 0 Å². The lowest BCUT2D eigenvalue weighted by Crippen LogP contribution is -2.30. The summed E-state index contributed by atoms with van der Waals surface area (Å²) in [5, 5.41) is 0. The first-order valence-electron chi connectivity index (χ1n) is 4.38. The van der Waals surface area contributed by atoms with Crippen molar-refractivity contribution >= 4 is 6.09 Å². The molecule has 0 radical (unpaired) electrons. The van der Waals surface area contributed by atoms with E-state index in [0.29, 0.717) is 0 Å². The summed E-state index contributed by atoms with van der Waals surface area (Å²) in [5.74, 6) is 0. The van der Waals surface area contributed by atoms with Gasteiger partial charge in [-0.3, -0.25) is 0 Å². The maximum absolute atomic E-state index is 10.6. The van der Waals surface area contributed by atoms with Gasteiger partial charge in [-0.15, -0.1) is 0 Å². The molecule has 0 aliphatic rings. The lowest BCUT2D eigenvalue weighted by Gasteiger charge is -2.20. The molecular weight excluding hydrogens is 180 g/mol. The summed E-state index contributed by atoms with van der Waals surface area (Å²) in [7, 11) is 0. The minimum Gasteiger partial charge on any atom is -0.440 e. The van der Waals surface area contributed by atoms with Gasteiger partial charge in [-0.2, -0.15) is 0 Å². The predicted octanol–water partition coefficient (Wildman–Crippen LogP) is 1.17. The minimum absolute atomic E-state index is 0.287. The topological polar surface area (TPSA) is 78.3 Å². The van der Waals surface area contributed by atoms with Crippen LogP contribution in [0.15, 0.2) is 30.3 Å². The number of ether oxygens (including phenoxy) is 1. The Morgan fingerprint density at radius 1 is 1.36 bits per heavy atom. The molecule has 4 heteroatoms. The second-order valence-electron chi connectivity index (χ2n) is 3.13. The van der Waals surface area contributed by atoms with Crippen LogP contribution in [0, 0.1) is 0 Å². The molecule has 1 aromatic carbocycles. The third-order valence-electron chi connectivity index (χ3n) is 1.85. The Kier molecular flexibility index (Phi) is 3.48. The van der Waals surface area contributed by atoms with Crippen LogP contribution in [0.5, 0.6) is 0 Å².